The third-order valence-corrected chi connectivity index (χ3v) is 3.55. The van der Waals surface area contributed by atoms with Crippen LogP contribution in [0.3, 0.4) is 0 Å². The van der Waals surface area contributed by atoms with Crippen molar-refractivity contribution in [3.63, 3.8) is 0 Å². The number of hydrogen-bond acceptors (Lipinski definition) is 4. The summed E-state index contributed by atoms with van der Waals surface area (Å²) >= 11 is 0. The molecule has 120 valence electrons. The van der Waals surface area contributed by atoms with E-state index in [2.05, 4.69) is 10.6 Å². The minimum atomic E-state index is -0.514. The quantitative estimate of drug-likeness (QED) is 0.633. The maximum atomic E-state index is 12.3. The fourth-order valence-corrected chi connectivity index (χ4v) is 2.27. The average Bonchev–Trinajstić information content (AvgIpc) is 2.55. The van der Waals surface area contributed by atoms with E-state index in [-0.39, 0.29) is 23.3 Å². The first kappa shape index (κ1) is 16.6. The first-order valence-electron chi connectivity index (χ1n) is 7.34. The Morgan fingerprint density at radius 1 is 1.04 bits per heavy atom. The Bertz CT molecular complexity index is 688. The summed E-state index contributed by atoms with van der Waals surface area (Å²) in [5.41, 5.74) is 1.14. The number of nitrogens with zero attached hydrogens (tertiary/aromatic N) is 1. The number of carbonyl (C=O) groups excluding carboxylic acids is 1. The summed E-state index contributed by atoms with van der Waals surface area (Å²) in [7, 11) is 0. The lowest BCUT2D eigenvalue weighted by Gasteiger charge is -2.20. The Hall–Kier alpha value is -2.73. The van der Waals surface area contributed by atoms with Crippen molar-refractivity contribution < 1.29 is 9.72 Å². The Kier molecular flexibility index (Phi) is 5.43. The number of rotatable bonds is 6. The molecule has 1 amide bonds. The smallest absolute Gasteiger partial charge is 0.292 e. The van der Waals surface area contributed by atoms with Crippen LogP contribution in [0.2, 0.25) is 0 Å². The molecule has 0 aliphatic carbocycles. The second kappa shape index (κ2) is 7.51. The molecule has 2 aromatic carbocycles. The van der Waals surface area contributed by atoms with E-state index in [0.29, 0.717) is 0 Å². The number of nitro benzene ring substituents is 1. The van der Waals surface area contributed by atoms with E-state index in [1.54, 1.807) is 19.1 Å². The second-order valence-corrected chi connectivity index (χ2v) is 5.28. The van der Waals surface area contributed by atoms with Crippen LogP contribution in [0.15, 0.2) is 54.6 Å². The van der Waals surface area contributed by atoms with Gasteiger partial charge in [-0.25, -0.2) is 0 Å². The first-order valence-corrected chi connectivity index (χ1v) is 7.34. The van der Waals surface area contributed by atoms with Crippen molar-refractivity contribution in [2.45, 2.75) is 25.9 Å². The second-order valence-electron chi connectivity index (χ2n) is 5.28. The van der Waals surface area contributed by atoms with Crippen LogP contribution in [-0.2, 0) is 4.79 Å². The summed E-state index contributed by atoms with van der Waals surface area (Å²) in [5.74, 6) is -0.318. The number of hydrogen-bond donors (Lipinski definition) is 2. The average molecular weight is 313 g/mol. The first-order chi connectivity index (χ1) is 11.0. The molecule has 23 heavy (non-hydrogen) atoms. The molecular formula is C17H19N3O3. The van der Waals surface area contributed by atoms with Crippen molar-refractivity contribution in [3.05, 3.63) is 70.3 Å². The van der Waals surface area contributed by atoms with Crippen molar-refractivity contribution in [2.24, 2.45) is 0 Å². The molecule has 2 N–H and O–H groups in total. The van der Waals surface area contributed by atoms with Gasteiger partial charge in [0.2, 0.25) is 5.91 Å². The van der Waals surface area contributed by atoms with Gasteiger partial charge in [0.25, 0.3) is 5.69 Å². The summed E-state index contributed by atoms with van der Waals surface area (Å²) in [4.78, 5) is 22.7. The van der Waals surface area contributed by atoms with Crippen molar-refractivity contribution in [1.82, 2.24) is 5.32 Å². The van der Waals surface area contributed by atoms with Gasteiger partial charge in [0.05, 0.1) is 11.0 Å². The molecule has 6 nitrogen and oxygen atoms in total. The minimum Gasteiger partial charge on any atom is -0.319 e. The van der Waals surface area contributed by atoms with Gasteiger partial charge in [-0.15, -0.1) is 0 Å². The van der Waals surface area contributed by atoms with Crippen LogP contribution in [0.5, 0.6) is 0 Å². The zero-order valence-electron chi connectivity index (χ0n) is 13.0. The van der Waals surface area contributed by atoms with Crippen LogP contribution in [0.1, 0.15) is 25.5 Å². The highest BCUT2D eigenvalue weighted by atomic mass is 16.6. The van der Waals surface area contributed by atoms with Gasteiger partial charge in [-0.1, -0.05) is 42.5 Å². The third-order valence-electron chi connectivity index (χ3n) is 3.55. The third kappa shape index (κ3) is 4.37. The standard InChI is InChI=1S/C17H19N3O3/c1-12(14-8-4-3-5-9-14)18-13(2)17(21)19-15-10-6-7-11-16(15)20(22)23/h3-13,18H,1-2H3,(H,19,21)/t12-,13+/m0/s1. The highest BCUT2D eigenvalue weighted by Crippen LogP contribution is 2.23. The van der Waals surface area contributed by atoms with Gasteiger partial charge in [0, 0.05) is 12.1 Å². The number of amides is 1. The maximum Gasteiger partial charge on any atom is 0.292 e. The molecule has 0 bridgehead atoms. The summed E-state index contributed by atoms with van der Waals surface area (Å²) < 4.78 is 0. The number of anilines is 1. The molecule has 0 unspecified atom stereocenters. The Labute approximate surface area is 134 Å². The van der Waals surface area contributed by atoms with Crippen molar-refractivity contribution >= 4 is 17.3 Å². The molecule has 0 fully saturated rings. The van der Waals surface area contributed by atoms with E-state index in [0.717, 1.165) is 5.56 Å². The number of benzene rings is 2. The van der Waals surface area contributed by atoms with Gasteiger partial charge < -0.3 is 5.32 Å². The molecule has 0 aliphatic heterocycles. The molecule has 0 radical (unpaired) electrons. The van der Waals surface area contributed by atoms with Crippen LogP contribution in [0.25, 0.3) is 0 Å². The lowest BCUT2D eigenvalue weighted by molar-refractivity contribution is -0.383. The molecule has 0 aliphatic rings. The molecule has 0 aromatic heterocycles. The summed E-state index contributed by atoms with van der Waals surface area (Å²) in [6.07, 6.45) is 0. The molecule has 2 aromatic rings. The zero-order chi connectivity index (χ0) is 16.8. The van der Waals surface area contributed by atoms with E-state index in [1.165, 1.54) is 12.1 Å². The van der Waals surface area contributed by atoms with Crippen LogP contribution >= 0.6 is 0 Å². The number of para-hydroxylation sites is 2. The Morgan fingerprint density at radius 3 is 2.30 bits per heavy atom. The maximum absolute atomic E-state index is 12.3. The van der Waals surface area contributed by atoms with Gasteiger partial charge in [0.1, 0.15) is 5.69 Å². The topological polar surface area (TPSA) is 84.3 Å². The fourth-order valence-electron chi connectivity index (χ4n) is 2.27. The van der Waals surface area contributed by atoms with E-state index >= 15 is 0 Å². The van der Waals surface area contributed by atoms with Crippen molar-refractivity contribution in [3.8, 4) is 0 Å². The fraction of sp³-hybridized carbons (Fsp3) is 0.235. The lowest BCUT2D eigenvalue weighted by Crippen LogP contribution is -2.39. The van der Waals surface area contributed by atoms with E-state index in [4.69, 9.17) is 0 Å². The number of nitro groups is 1. The minimum absolute atomic E-state index is 0.0114. The normalized spacial score (nSPS) is 13.1. The SMILES string of the molecule is C[C@H](N[C@H](C)C(=O)Nc1ccccc1[N+](=O)[O-])c1ccccc1. The molecule has 0 saturated carbocycles. The largest absolute Gasteiger partial charge is 0.319 e. The lowest BCUT2D eigenvalue weighted by atomic mass is 10.1. The predicted molar refractivity (Wildman–Crippen MR) is 89.2 cm³/mol. The molecule has 6 heteroatoms. The van der Waals surface area contributed by atoms with E-state index in [1.807, 2.05) is 37.3 Å². The van der Waals surface area contributed by atoms with Crippen LogP contribution in [-0.4, -0.2) is 16.9 Å². The molecule has 0 spiro atoms. The van der Waals surface area contributed by atoms with Crippen LogP contribution in [0.4, 0.5) is 11.4 Å². The van der Waals surface area contributed by atoms with Gasteiger partial charge >= 0.3 is 0 Å². The number of nitrogens with one attached hydrogen (secondary N) is 2. The zero-order valence-corrected chi connectivity index (χ0v) is 13.0. The summed E-state index contributed by atoms with van der Waals surface area (Å²) in [6, 6.07) is 15.3. The monoisotopic (exact) mass is 313 g/mol. The predicted octanol–water partition coefficient (Wildman–Crippen LogP) is 3.27. The summed E-state index contributed by atoms with van der Waals surface area (Å²) in [5, 5.41) is 16.8. The highest BCUT2D eigenvalue weighted by molar-refractivity contribution is 5.96. The van der Waals surface area contributed by atoms with Gasteiger partial charge in [0.15, 0.2) is 0 Å². The van der Waals surface area contributed by atoms with Gasteiger partial charge in [-0.05, 0) is 25.5 Å². The highest BCUT2D eigenvalue weighted by Gasteiger charge is 2.20. The molecule has 2 atom stereocenters. The summed E-state index contributed by atoms with van der Waals surface area (Å²) in [6.45, 7) is 3.69. The molecule has 0 heterocycles. The van der Waals surface area contributed by atoms with E-state index in [9.17, 15) is 14.9 Å². The molecule has 2 rings (SSSR count). The molecule has 0 saturated heterocycles. The van der Waals surface area contributed by atoms with Gasteiger partial charge in [-0.2, -0.15) is 0 Å². The Morgan fingerprint density at radius 2 is 1.65 bits per heavy atom. The number of carbonyl (C=O) groups is 1. The van der Waals surface area contributed by atoms with Crippen molar-refractivity contribution in [1.29, 1.82) is 0 Å². The van der Waals surface area contributed by atoms with Crippen LogP contribution in [0, 0.1) is 10.1 Å². The van der Waals surface area contributed by atoms with Crippen molar-refractivity contribution in [2.75, 3.05) is 5.32 Å². The van der Waals surface area contributed by atoms with Crippen LogP contribution < -0.4 is 10.6 Å². The molecular weight excluding hydrogens is 294 g/mol. The Balaban J connectivity index is 2.02. The van der Waals surface area contributed by atoms with Gasteiger partial charge in [-0.3, -0.25) is 20.2 Å². The van der Waals surface area contributed by atoms with E-state index < -0.39 is 11.0 Å².